The van der Waals surface area contributed by atoms with Crippen LogP contribution in [0.3, 0.4) is 0 Å². The van der Waals surface area contributed by atoms with Gasteiger partial charge in [-0.1, -0.05) is 0 Å². The van der Waals surface area contributed by atoms with Crippen LogP contribution in [0.4, 0.5) is 5.69 Å². The van der Waals surface area contributed by atoms with Crippen molar-refractivity contribution in [2.24, 2.45) is 5.11 Å². The topological polar surface area (TPSA) is 134 Å². The number of hydroxylamine groups is 1. The van der Waals surface area contributed by atoms with Crippen LogP contribution in [-0.2, 0) is 16.2 Å². The second-order valence-electron chi connectivity index (χ2n) is 3.01. The molecule has 1 aromatic carbocycles. The van der Waals surface area contributed by atoms with Gasteiger partial charge in [-0.25, -0.2) is 0 Å². The van der Waals surface area contributed by atoms with Gasteiger partial charge in [0, 0.05) is 0 Å². The number of hydrogen-bond acceptors (Lipinski definition) is 6. The zero-order valence-corrected chi connectivity index (χ0v) is 11.1. The summed E-state index contributed by atoms with van der Waals surface area (Å²) in [4.78, 5) is 13.2. The first-order chi connectivity index (χ1) is 8.53. The van der Waals surface area contributed by atoms with Crippen LogP contribution in [0.15, 0.2) is 29.4 Å². The van der Waals surface area contributed by atoms with Crippen molar-refractivity contribution in [3.8, 4) is 0 Å². The van der Waals surface area contributed by atoms with E-state index in [4.69, 9.17) is 10.8 Å². The second-order valence-corrected chi connectivity index (χ2v) is 6.83. The van der Waals surface area contributed by atoms with E-state index in [0.29, 0.717) is 0 Å². The van der Waals surface area contributed by atoms with Gasteiger partial charge in [-0.05, 0) is 0 Å². The molecule has 0 bridgehead atoms. The monoisotopic (exact) mass is 316 g/mol. The number of nitrogens with zero attached hydrogens (tertiary/aromatic N) is 3. The fraction of sp³-hybridized carbons (Fsp3) is 0.125. The molecule has 0 radical (unpaired) electrons. The van der Waals surface area contributed by atoms with Crippen molar-refractivity contribution in [1.82, 2.24) is 5.48 Å². The Morgan fingerprint density at radius 1 is 1.56 bits per heavy atom. The average molecular weight is 316 g/mol. The minimum absolute atomic E-state index is 0.0260. The van der Waals surface area contributed by atoms with E-state index in [-0.39, 0.29) is 10.0 Å². The van der Waals surface area contributed by atoms with Crippen molar-refractivity contribution >= 4 is 30.1 Å². The number of nitrogens with one attached hydrogen (secondary N) is 1. The average Bonchev–Trinajstić information content (AvgIpc) is 2.37. The molecule has 1 unspecified atom stereocenters. The first kappa shape index (κ1) is 14.3. The van der Waals surface area contributed by atoms with Crippen molar-refractivity contribution in [2.45, 2.75) is 6.92 Å². The molecule has 1 atom stereocenters. The van der Waals surface area contributed by atoms with E-state index >= 15 is 0 Å². The van der Waals surface area contributed by atoms with Gasteiger partial charge >= 0.3 is 104 Å². The number of benzene rings is 1. The predicted octanol–water partition coefficient (Wildman–Crippen LogP) is 0.762. The zero-order chi connectivity index (χ0) is 13.6. The molecule has 18 heavy (non-hydrogen) atoms. The summed E-state index contributed by atoms with van der Waals surface area (Å²) in [6.07, 6.45) is 0. The molecular weight excluding hydrogens is 307 g/mol. The van der Waals surface area contributed by atoms with Crippen molar-refractivity contribution in [3.63, 3.8) is 0 Å². The van der Waals surface area contributed by atoms with Gasteiger partial charge in [-0.15, -0.1) is 0 Å². The van der Waals surface area contributed by atoms with Gasteiger partial charge < -0.3 is 0 Å². The molecular formula is C8H9AsN4O5. The summed E-state index contributed by atoms with van der Waals surface area (Å²) in [5, 5.41) is 12.0. The molecule has 1 aromatic rings. The van der Waals surface area contributed by atoms with E-state index in [1.807, 2.05) is 5.48 Å². The van der Waals surface area contributed by atoms with Crippen LogP contribution in [0.2, 0.25) is 0 Å². The number of azide groups is 1. The molecule has 0 aliphatic heterocycles. The van der Waals surface area contributed by atoms with E-state index in [9.17, 15) is 8.53 Å². The maximum absolute atomic E-state index is 12.2. The molecule has 9 nitrogen and oxygen atoms in total. The first-order valence-electron chi connectivity index (χ1n) is 4.56. The number of carbonyl (C=O) groups is 1. The van der Waals surface area contributed by atoms with E-state index in [0.717, 1.165) is 6.92 Å². The predicted molar refractivity (Wildman–Crippen MR) is 59.9 cm³/mol. The van der Waals surface area contributed by atoms with E-state index < -0.39 is 20.1 Å². The van der Waals surface area contributed by atoms with Gasteiger partial charge in [0.05, 0.1) is 0 Å². The molecule has 0 spiro atoms. The van der Waals surface area contributed by atoms with E-state index in [1.165, 1.54) is 24.3 Å². The number of amides is 1. The van der Waals surface area contributed by atoms with Crippen molar-refractivity contribution < 1.29 is 21.5 Å². The Hall–Kier alpha value is -1.76. The quantitative estimate of drug-likeness (QED) is 0.206. The summed E-state index contributed by atoms with van der Waals surface area (Å²) >= 11 is -4.92. The van der Waals surface area contributed by atoms with Gasteiger partial charge in [0.2, 0.25) is 0 Å². The fourth-order valence-electron chi connectivity index (χ4n) is 1.06. The summed E-state index contributed by atoms with van der Waals surface area (Å²) in [5.74, 6) is -0.630. The van der Waals surface area contributed by atoms with Gasteiger partial charge in [-0.2, -0.15) is 0 Å². The Morgan fingerprint density at radius 2 is 2.22 bits per heavy atom. The molecule has 1 rings (SSSR count). The zero-order valence-electron chi connectivity index (χ0n) is 9.18. The van der Waals surface area contributed by atoms with Gasteiger partial charge in [0.25, 0.3) is 0 Å². The molecule has 0 heterocycles. The van der Waals surface area contributed by atoms with Crippen molar-refractivity contribution in [3.05, 3.63) is 34.7 Å². The van der Waals surface area contributed by atoms with Crippen LogP contribution >= 0.6 is 0 Å². The molecule has 0 saturated heterocycles. The number of carbonyl (C=O) groups excluding carboxylic acids is 1. The van der Waals surface area contributed by atoms with Gasteiger partial charge in [-0.3, -0.25) is 0 Å². The Bertz CT molecular complexity index is 542. The second kappa shape index (κ2) is 6.25. The molecule has 0 aliphatic rings. The third-order valence-electron chi connectivity index (χ3n) is 1.75. The summed E-state index contributed by atoms with van der Waals surface area (Å²) in [6.45, 7) is 1.12. The van der Waals surface area contributed by atoms with E-state index in [2.05, 4.69) is 17.7 Å². The summed E-state index contributed by atoms with van der Waals surface area (Å²) in [7, 11) is 0. The Kier molecular flexibility index (Phi) is 4.96. The molecule has 0 aromatic heterocycles. The minimum atomic E-state index is -4.92. The fourth-order valence-corrected chi connectivity index (χ4v) is 3.45. The molecule has 0 fully saturated rings. The Balaban J connectivity index is 3.19. The summed E-state index contributed by atoms with van der Waals surface area (Å²) < 4.78 is 20.5. The standard InChI is InChI=1S/C8H9AsN4O5/c1-6(14)12-17-9(15,18-16)7-4-2-3-5-8(7)11-13-10/h2-5,16H,1H3,(H,12,14). The third kappa shape index (κ3) is 3.36. The van der Waals surface area contributed by atoms with Crippen LogP contribution in [0, 0.1) is 0 Å². The van der Waals surface area contributed by atoms with E-state index in [1.54, 1.807) is 0 Å². The molecule has 2 N–H and O–H groups in total. The first-order valence-corrected chi connectivity index (χ1v) is 7.80. The van der Waals surface area contributed by atoms with Crippen LogP contribution in [0.25, 0.3) is 10.4 Å². The van der Waals surface area contributed by atoms with Gasteiger partial charge in [0.1, 0.15) is 0 Å². The molecule has 96 valence electrons. The normalized spacial score (nSPS) is 13.2. The Morgan fingerprint density at radius 3 is 2.78 bits per heavy atom. The summed E-state index contributed by atoms with van der Waals surface area (Å²) in [5.41, 5.74) is 10.1. The van der Waals surface area contributed by atoms with Crippen LogP contribution < -0.4 is 9.83 Å². The molecule has 0 aliphatic carbocycles. The van der Waals surface area contributed by atoms with Crippen molar-refractivity contribution in [2.75, 3.05) is 0 Å². The van der Waals surface area contributed by atoms with Crippen LogP contribution in [0.1, 0.15) is 6.92 Å². The maximum atomic E-state index is 12.2. The molecule has 10 heteroatoms. The number of hydrogen-bond donors (Lipinski definition) is 2. The van der Waals surface area contributed by atoms with Crippen LogP contribution in [0.5, 0.6) is 0 Å². The van der Waals surface area contributed by atoms with Crippen LogP contribution in [-0.4, -0.2) is 25.3 Å². The summed E-state index contributed by atoms with van der Waals surface area (Å²) in [6, 6.07) is 5.67. The number of rotatable bonds is 5. The third-order valence-corrected chi connectivity index (χ3v) is 4.92. The van der Waals surface area contributed by atoms with Gasteiger partial charge in [0.15, 0.2) is 0 Å². The molecule has 1 amide bonds. The Labute approximate surface area is 104 Å². The SMILES string of the molecule is CC(=O)NO[As](=O)(OO)c1ccccc1N=[N+]=[N-]. The molecule has 0 saturated carbocycles. The van der Waals surface area contributed by atoms with Crippen molar-refractivity contribution in [1.29, 1.82) is 0 Å².